The predicted molar refractivity (Wildman–Crippen MR) is 114 cm³/mol. The first-order chi connectivity index (χ1) is 14.1. The third kappa shape index (κ3) is 5.42. The lowest BCUT2D eigenvalue weighted by molar-refractivity contribution is -0.120. The molecule has 0 aromatic heterocycles. The number of rotatable bonds is 7. The molecule has 3 aromatic carbocycles. The van der Waals surface area contributed by atoms with Gasteiger partial charge in [-0.2, -0.15) is 0 Å². The number of hydrogen-bond acceptors (Lipinski definition) is 4. The molecule has 7 heteroatoms. The SMILES string of the molecule is NNC(=O)CN[C@@H](c1ccc(Cl)cc1)c1ccccc1NC(=O)c1ccccc1. The number of anilines is 1. The number of benzene rings is 3. The highest BCUT2D eigenvalue weighted by Crippen LogP contribution is 2.29. The molecular weight excluding hydrogens is 388 g/mol. The zero-order valence-corrected chi connectivity index (χ0v) is 16.3. The van der Waals surface area contributed by atoms with Crippen molar-refractivity contribution >= 4 is 29.1 Å². The summed E-state index contributed by atoms with van der Waals surface area (Å²) in [5, 5.41) is 6.76. The average Bonchev–Trinajstić information content (AvgIpc) is 2.76. The molecule has 0 spiro atoms. The van der Waals surface area contributed by atoms with Crippen LogP contribution >= 0.6 is 11.6 Å². The summed E-state index contributed by atoms with van der Waals surface area (Å²) < 4.78 is 0. The van der Waals surface area contributed by atoms with Gasteiger partial charge in [0.25, 0.3) is 5.91 Å². The van der Waals surface area contributed by atoms with Gasteiger partial charge >= 0.3 is 0 Å². The molecular formula is C22H21ClN4O2. The maximum absolute atomic E-state index is 12.7. The van der Waals surface area contributed by atoms with Crippen LogP contribution in [0.15, 0.2) is 78.9 Å². The van der Waals surface area contributed by atoms with Crippen molar-refractivity contribution in [3.63, 3.8) is 0 Å². The number of carbonyl (C=O) groups excluding carboxylic acids is 2. The monoisotopic (exact) mass is 408 g/mol. The second-order valence-electron chi connectivity index (χ2n) is 6.34. The van der Waals surface area contributed by atoms with Gasteiger partial charge in [-0.3, -0.25) is 20.3 Å². The average molecular weight is 409 g/mol. The van der Waals surface area contributed by atoms with Crippen LogP contribution in [0.1, 0.15) is 27.5 Å². The molecule has 5 N–H and O–H groups in total. The zero-order valence-electron chi connectivity index (χ0n) is 15.6. The van der Waals surface area contributed by atoms with E-state index in [1.807, 2.05) is 54.6 Å². The second kappa shape index (κ2) is 9.84. The third-order valence-electron chi connectivity index (χ3n) is 4.39. The van der Waals surface area contributed by atoms with Crippen molar-refractivity contribution in [3.05, 3.63) is 101 Å². The molecule has 3 aromatic rings. The highest BCUT2D eigenvalue weighted by molar-refractivity contribution is 6.30. The number of carbonyl (C=O) groups is 2. The van der Waals surface area contributed by atoms with Crippen LogP contribution in [0.5, 0.6) is 0 Å². The van der Waals surface area contributed by atoms with E-state index in [-0.39, 0.29) is 24.4 Å². The van der Waals surface area contributed by atoms with Gasteiger partial charge in [-0.1, -0.05) is 60.1 Å². The minimum Gasteiger partial charge on any atom is -0.322 e. The van der Waals surface area contributed by atoms with Crippen LogP contribution in [-0.2, 0) is 4.79 Å². The molecule has 0 bridgehead atoms. The van der Waals surface area contributed by atoms with Crippen LogP contribution in [0.2, 0.25) is 5.02 Å². The fourth-order valence-corrected chi connectivity index (χ4v) is 3.08. The Kier molecular flexibility index (Phi) is 6.97. The maximum Gasteiger partial charge on any atom is 0.255 e. The minimum atomic E-state index is -0.364. The quantitative estimate of drug-likeness (QED) is 0.274. The molecule has 148 valence electrons. The van der Waals surface area contributed by atoms with Crippen molar-refractivity contribution in [3.8, 4) is 0 Å². The number of halogens is 1. The summed E-state index contributed by atoms with van der Waals surface area (Å²) >= 11 is 6.02. The van der Waals surface area contributed by atoms with Crippen LogP contribution in [0.4, 0.5) is 5.69 Å². The van der Waals surface area contributed by atoms with E-state index in [0.717, 1.165) is 11.1 Å². The summed E-state index contributed by atoms with van der Waals surface area (Å²) in [5.74, 6) is 4.63. The largest absolute Gasteiger partial charge is 0.322 e. The molecule has 1 atom stereocenters. The van der Waals surface area contributed by atoms with Crippen molar-refractivity contribution in [1.29, 1.82) is 0 Å². The molecule has 0 unspecified atom stereocenters. The Hall–Kier alpha value is -3.19. The first kappa shape index (κ1) is 20.5. The van der Waals surface area contributed by atoms with E-state index in [4.69, 9.17) is 17.4 Å². The summed E-state index contributed by atoms with van der Waals surface area (Å²) in [6, 6.07) is 23.3. The van der Waals surface area contributed by atoms with Gasteiger partial charge in [0, 0.05) is 16.3 Å². The van der Waals surface area contributed by atoms with E-state index in [2.05, 4.69) is 16.1 Å². The van der Waals surface area contributed by atoms with Gasteiger partial charge in [0.1, 0.15) is 0 Å². The summed E-state index contributed by atoms with van der Waals surface area (Å²) in [5.41, 5.74) is 5.00. The van der Waals surface area contributed by atoms with E-state index in [1.54, 1.807) is 24.3 Å². The fourth-order valence-electron chi connectivity index (χ4n) is 2.95. The van der Waals surface area contributed by atoms with Crippen LogP contribution in [0.3, 0.4) is 0 Å². The van der Waals surface area contributed by atoms with Gasteiger partial charge in [0.15, 0.2) is 0 Å². The Bertz CT molecular complexity index is 978. The molecule has 0 saturated carbocycles. The predicted octanol–water partition coefficient (Wildman–Crippen LogP) is 3.26. The van der Waals surface area contributed by atoms with Crippen LogP contribution in [0, 0.1) is 0 Å². The van der Waals surface area contributed by atoms with Gasteiger partial charge in [-0.15, -0.1) is 0 Å². The minimum absolute atomic E-state index is 0.00472. The number of hydrogen-bond donors (Lipinski definition) is 4. The molecule has 0 aliphatic carbocycles. The molecule has 0 radical (unpaired) electrons. The van der Waals surface area contributed by atoms with E-state index in [0.29, 0.717) is 16.3 Å². The molecule has 0 aliphatic rings. The lowest BCUT2D eigenvalue weighted by atomic mass is 9.96. The molecule has 0 fully saturated rings. The van der Waals surface area contributed by atoms with Gasteiger partial charge in [-0.05, 0) is 41.5 Å². The molecule has 29 heavy (non-hydrogen) atoms. The molecule has 0 aliphatic heterocycles. The van der Waals surface area contributed by atoms with E-state index < -0.39 is 0 Å². The van der Waals surface area contributed by atoms with Gasteiger partial charge < -0.3 is 5.32 Å². The molecule has 0 saturated heterocycles. The van der Waals surface area contributed by atoms with E-state index >= 15 is 0 Å². The summed E-state index contributed by atoms with van der Waals surface area (Å²) in [7, 11) is 0. The standard InChI is InChI=1S/C22H21ClN4O2/c23-17-12-10-15(11-13-17)21(25-14-20(28)27-24)18-8-4-5-9-19(18)26-22(29)16-6-2-1-3-7-16/h1-13,21,25H,14,24H2,(H,26,29)(H,27,28)/t21-/m0/s1. The third-order valence-corrected chi connectivity index (χ3v) is 4.64. The number of nitrogens with one attached hydrogen (secondary N) is 3. The normalized spacial score (nSPS) is 11.5. The molecule has 3 rings (SSSR count). The van der Waals surface area contributed by atoms with Gasteiger partial charge in [-0.25, -0.2) is 5.84 Å². The Morgan fingerprint density at radius 1 is 0.897 bits per heavy atom. The van der Waals surface area contributed by atoms with Crippen LogP contribution in [-0.4, -0.2) is 18.4 Å². The lowest BCUT2D eigenvalue weighted by Gasteiger charge is -2.22. The smallest absolute Gasteiger partial charge is 0.255 e. The van der Waals surface area contributed by atoms with Crippen LogP contribution < -0.4 is 21.9 Å². The summed E-state index contributed by atoms with van der Waals surface area (Å²) in [6.07, 6.45) is 0. The van der Waals surface area contributed by atoms with Gasteiger partial charge in [0.2, 0.25) is 5.91 Å². The first-order valence-corrected chi connectivity index (χ1v) is 9.40. The van der Waals surface area contributed by atoms with Gasteiger partial charge in [0.05, 0.1) is 12.6 Å². The highest BCUT2D eigenvalue weighted by Gasteiger charge is 2.19. The Morgan fingerprint density at radius 3 is 2.24 bits per heavy atom. The van der Waals surface area contributed by atoms with Crippen molar-refractivity contribution < 1.29 is 9.59 Å². The summed E-state index contributed by atoms with van der Waals surface area (Å²) in [6.45, 7) is 0.00472. The number of nitrogens with two attached hydrogens (primary N) is 1. The Balaban J connectivity index is 1.93. The van der Waals surface area contributed by atoms with Crippen molar-refractivity contribution in [2.24, 2.45) is 5.84 Å². The Labute approximate surface area is 174 Å². The van der Waals surface area contributed by atoms with Crippen molar-refractivity contribution in [1.82, 2.24) is 10.7 Å². The number of amides is 2. The fraction of sp³-hybridized carbons (Fsp3) is 0.0909. The van der Waals surface area contributed by atoms with E-state index in [9.17, 15) is 9.59 Å². The zero-order chi connectivity index (χ0) is 20.6. The van der Waals surface area contributed by atoms with E-state index in [1.165, 1.54) is 0 Å². The molecule has 6 nitrogen and oxygen atoms in total. The molecule has 2 amide bonds. The van der Waals surface area contributed by atoms with Crippen molar-refractivity contribution in [2.75, 3.05) is 11.9 Å². The molecule has 0 heterocycles. The number of hydrazine groups is 1. The Morgan fingerprint density at radius 2 is 1.55 bits per heavy atom. The first-order valence-electron chi connectivity index (χ1n) is 9.02. The number of para-hydroxylation sites is 1. The van der Waals surface area contributed by atoms with Crippen molar-refractivity contribution in [2.45, 2.75) is 6.04 Å². The lowest BCUT2D eigenvalue weighted by Crippen LogP contribution is -2.39. The second-order valence-corrected chi connectivity index (χ2v) is 6.78. The summed E-state index contributed by atoms with van der Waals surface area (Å²) in [4.78, 5) is 24.3. The maximum atomic E-state index is 12.7. The van der Waals surface area contributed by atoms with Crippen LogP contribution in [0.25, 0.3) is 0 Å². The highest BCUT2D eigenvalue weighted by atomic mass is 35.5. The topological polar surface area (TPSA) is 96.2 Å².